The molecule has 0 bridgehead atoms. The zero-order chi connectivity index (χ0) is 33.5. The van der Waals surface area contributed by atoms with Gasteiger partial charge in [0, 0.05) is 32.5 Å². The fourth-order valence-corrected chi connectivity index (χ4v) is 8.08. The van der Waals surface area contributed by atoms with E-state index in [0.717, 1.165) is 6.07 Å². The van der Waals surface area contributed by atoms with Gasteiger partial charge < -0.3 is 20.8 Å². The summed E-state index contributed by atoms with van der Waals surface area (Å²) >= 11 is 0. The highest BCUT2D eigenvalue weighted by atomic mass is 19.4. The molecule has 1 saturated heterocycles. The van der Waals surface area contributed by atoms with Crippen LogP contribution in [0.4, 0.5) is 13.2 Å². The van der Waals surface area contributed by atoms with Crippen LogP contribution in [0.25, 0.3) is 0 Å². The molecule has 7 unspecified atom stereocenters. The summed E-state index contributed by atoms with van der Waals surface area (Å²) in [7, 11) is 2.82. The predicted molar refractivity (Wildman–Crippen MR) is 149 cm³/mol. The number of phenols is 1. The summed E-state index contributed by atoms with van der Waals surface area (Å²) in [6.45, 7) is 3.88. The molecule has 4 aliphatic rings. The van der Waals surface area contributed by atoms with Gasteiger partial charge in [0.25, 0.3) is 0 Å². The molecule has 3 fully saturated rings. The van der Waals surface area contributed by atoms with Crippen LogP contribution in [0.2, 0.25) is 0 Å². The van der Waals surface area contributed by atoms with Crippen molar-refractivity contribution in [2.75, 3.05) is 40.3 Å². The SMILES string of the molecule is CCN1CCN(C(C)=O)CC1c1cc(O)c2c(c1C(F)(F)F)CC1CC3C(N(C)C)C(=O)C(C(N)=O)C(=O)C3(O)C(=O)C1C2=O. The lowest BCUT2D eigenvalue weighted by atomic mass is 9.52. The number of phenolic OH excluding ortho intramolecular Hbond substituents is 1. The maximum Gasteiger partial charge on any atom is 0.417 e. The summed E-state index contributed by atoms with van der Waals surface area (Å²) in [5.74, 6) is -14.1. The van der Waals surface area contributed by atoms with Gasteiger partial charge in [0.2, 0.25) is 11.8 Å². The van der Waals surface area contributed by atoms with E-state index in [1.807, 2.05) is 0 Å². The second-order valence-corrected chi connectivity index (χ2v) is 12.6. The second-order valence-electron chi connectivity index (χ2n) is 12.6. The Morgan fingerprint density at radius 3 is 2.31 bits per heavy atom. The van der Waals surface area contributed by atoms with Gasteiger partial charge in [-0.2, -0.15) is 13.2 Å². The van der Waals surface area contributed by atoms with Gasteiger partial charge >= 0.3 is 6.18 Å². The third-order valence-electron chi connectivity index (χ3n) is 10.1. The Kier molecular flexibility index (Phi) is 7.98. The standard InChI is InChI=1S/C30H35F3N4O8/c1-5-36-6-7-37(12(2)38)11-17(36)14-10-18(39)20-15(22(14)30(31,32)33)8-13-9-16-23(35(3)4)25(41)21(28(34)44)27(43)29(16,45)26(42)19(13)24(20)40/h10,13,16-17,19,21,23,39,45H,5-9,11H2,1-4H3,(H2,34,44). The van der Waals surface area contributed by atoms with Crippen molar-refractivity contribution in [3.63, 3.8) is 0 Å². The predicted octanol–water partition coefficient (Wildman–Crippen LogP) is 0.111. The highest BCUT2D eigenvalue weighted by Crippen LogP contribution is 2.53. The molecule has 1 aromatic carbocycles. The molecule has 15 heteroatoms. The van der Waals surface area contributed by atoms with Crippen molar-refractivity contribution >= 4 is 34.9 Å². The number of primary amides is 1. The summed E-state index contributed by atoms with van der Waals surface area (Å²) in [5, 5.41) is 22.8. The van der Waals surface area contributed by atoms with Gasteiger partial charge in [-0.05, 0) is 56.6 Å². The average molecular weight is 637 g/mol. The topological polar surface area (TPSA) is 179 Å². The lowest BCUT2D eigenvalue weighted by Gasteiger charge is -2.52. The van der Waals surface area contributed by atoms with E-state index >= 15 is 13.2 Å². The largest absolute Gasteiger partial charge is 0.507 e. The van der Waals surface area contributed by atoms with E-state index in [1.165, 1.54) is 30.8 Å². The van der Waals surface area contributed by atoms with Crippen LogP contribution >= 0.6 is 0 Å². The number of aliphatic hydroxyl groups is 1. The number of hydrogen-bond acceptors (Lipinski definition) is 10. The molecular formula is C30H35F3N4O8. The van der Waals surface area contributed by atoms with Crippen LogP contribution in [0.5, 0.6) is 5.75 Å². The zero-order valence-corrected chi connectivity index (χ0v) is 25.2. The maximum absolute atomic E-state index is 15.0. The van der Waals surface area contributed by atoms with Gasteiger partial charge in [-0.3, -0.25) is 38.6 Å². The Balaban J connectivity index is 1.68. The van der Waals surface area contributed by atoms with Crippen molar-refractivity contribution in [3.05, 3.63) is 28.3 Å². The molecule has 244 valence electrons. The monoisotopic (exact) mass is 636 g/mol. The Labute approximate surface area is 256 Å². The molecule has 1 heterocycles. The number of nitrogens with two attached hydrogens (primary N) is 1. The maximum atomic E-state index is 15.0. The van der Waals surface area contributed by atoms with Crippen molar-refractivity contribution in [2.24, 2.45) is 29.4 Å². The fraction of sp³-hybridized carbons (Fsp3) is 0.600. The van der Waals surface area contributed by atoms with Gasteiger partial charge in [0.05, 0.1) is 29.1 Å². The molecule has 5 rings (SSSR count). The number of rotatable bonds is 4. The Morgan fingerprint density at radius 2 is 1.78 bits per heavy atom. The highest BCUT2D eigenvalue weighted by molar-refractivity contribution is 6.32. The number of carbonyl (C=O) groups excluding carboxylic acids is 6. The second kappa shape index (κ2) is 11.0. The molecule has 4 N–H and O–H groups in total. The van der Waals surface area contributed by atoms with E-state index in [1.54, 1.807) is 11.8 Å². The van der Waals surface area contributed by atoms with E-state index in [0.29, 0.717) is 13.1 Å². The number of piperazine rings is 1. The number of carbonyl (C=O) groups is 6. The van der Waals surface area contributed by atoms with Crippen LogP contribution in [0.15, 0.2) is 6.07 Å². The van der Waals surface area contributed by atoms with E-state index in [4.69, 9.17) is 5.73 Å². The molecule has 2 saturated carbocycles. The first kappa shape index (κ1) is 32.7. The van der Waals surface area contributed by atoms with Gasteiger partial charge in [-0.25, -0.2) is 0 Å². The number of nitrogens with zero attached hydrogens (tertiary/aromatic N) is 3. The summed E-state index contributed by atoms with van der Waals surface area (Å²) in [6, 6.07) is -1.51. The van der Waals surface area contributed by atoms with Crippen molar-refractivity contribution < 1.29 is 52.2 Å². The van der Waals surface area contributed by atoms with Gasteiger partial charge in [-0.15, -0.1) is 0 Å². The molecule has 0 spiro atoms. The van der Waals surface area contributed by atoms with Gasteiger partial charge in [-0.1, -0.05) is 6.92 Å². The number of likely N-dealkylation sites (N-methyl/N-ethyl adjacent to an activating group) is 2. The number of hydrogen-bond donors (Lipinski definition) is 3. The van der Waals surface area contributed by atoms with Gasteiger partial charge in [0.1, 0.15) is 5.75 Å². The van der Waals surface area contributed by atoms with Crippen LogP contribution in [0.3, 0.4) is 0 Å². The molecule has 12 nitrogen and oxygen atoms in total. The number of alkyl halides is 3. The third-order valence-corrected chi connectivity index (χ3v) is 10.1. The van der Waals surface area contributed by atoms with Crippen LogP contribution in [0, 0.1) is 23.7 Å². The zero-order valence-electron chi connectivity index (χ0n) is 25.2. The quantitative estimate of drug-likeness (QED) is 0.384. The minimum atomic E-state index is -5.02. The van der Waals surface area contributed by atoms with E-state index < -0.39 is 105 Å². The highest BCUT2D eigenvalue weighted by Gasteiger charge is 2.69. The van der Waals surface area contributed by atoms with Crippen molar-refractivity contribution in [2.45, 2.75) is 50.6 Å². The molecule has 1 aromatic rings. The van der Waals surface area contributed by atoms with Crippen molar-refractivity contribution in [3.8, 4) is 5.75 Å². The van der Waals surface area contributed by atoms with Crippen LogP contribution in [0.1, 0.15) is 53.4 Å². The molecule has 2 amide bonds. The summed E-state index contributed by atoms with van der Waals surface area (Å²) in [5.41, 5.74) is -0.424. The summed E-state index contributed by atoms with van der Waals surface area (Å²) in [6.07, 6.45) is -5.93. The first-order chi connectivity index (χ1) is 20.9. The van der Waals surface area contributed by atoms with Crippen molar-refractivity contribution in [1.82, 2.24) is 14.7 Å². The molecule has 0 radical (unpaired) electrons. The lowest BCUT2D eigenvalue weighted by Crippen LogP contribution is -2.74. The first-order valence-electron chi connectivity index (χ1n) is 14.7. The van der Waals surface area contributed by atoms with Crippen LogP contribution in [-0.4, -0.2) is 112 Å². The van der Waals surface area contributed by atoms with E-state index in [-0.39, 0.29) is 31.0 Å². The number of Topliss-reactive ketones (excluding diaryl/α,β-unsaturated/α-hetero) is 4. The number of halogens is 3. The third kappa shape index (κ3) is 4.77. The molecule has 1 aliphatic heterocycles. The Morgan fingerprint density at radius 1 is 1.13 bits per heavy atom. The van der Waals surface area contributed by atoms with E-state index in [2.05, 4.69) is 0 Å². The number of ketones is 4. The van der Waals surface area contributed by atoms with E-state index in [9.17, 15) is 39.0 Å². The summed E-state index contributed by atoms with van der Waals surface area (Å²) < 4.78 is 45.1. The minimum Gasteiger partial charge on any atom is -0.507 e. The molecule has 45 heavy (non-hydrogen) atoms. The molecule has 0 aromatic heterocycles. The molecular weight excluding hydrogens is 601 g/mol. The lowest BCUT2D eigenvalue weighted by molar-refractivity contribution is -0.181. The number of fused-ring (bicyclic) bond motifs is 3. The number of aromatic hydroxyl groups is 1. The smallest absolute Gasteiger partial charge is 0.417 e. The number of benzene rings is 1. The van der Waals surface area contributed by atoms with Crippen LogP contribution < -0.4 is 5.73 Å². The normalized spacial score (nSPS) is 32.3. The fourth-order valence-electron chi connectivity index (χ4n) is 8.08. The van der Waals surface area contributed by atoms with Gasteiger partial charge in [0.15, 0.2) is 34.7 Å². The molecule has 3 aliphatic carbocycles. The summed E-state index contributed by atoms with van der Waals surface area (Å²) in [4.78, 5) is 83.3. The Bertz CT molecular complexity index is 1530. The number of amides is 2. The Hall–Kier alpha value is -3.69. The minimum absolute atomic E-state index is 0.0894. The van der Waals surface area contributed by atoms with Crippen molar-refractivity contribution in [1.29, 1.82) is 0 Å². The molecule has 7 atom stereocenters. The van der Waals surface area contributed by atoms with Crippen LogP contribution in [-0.2, 0) is 36.6 Å². The first-order valence-corrected chi connectivity index (χ1v) is 14.7. The average Bonchev–Trinajstić information content (AvgIpc) is 2.93.